The number of amides is 3. The first-order valence-corrected chi connectivity index (χ1v) is 8.98. The molecule has 0 saturated carbocycles. The Morgan fingerprint density at radius 1 is 1.00 bits per heavy atom. The van der Waals surface area contributed by atoms with E-state index in [1.807, 2.05) is 26.0 Å². The molecule has 0 saturated heterocycles. The summed E-state index contributed by atoms with van der Waals surface area (Å²) in [6, 6.07) is 11.8. The Morgan fingerprint density at radius 3 is 2.41 bits per heavy atom. The highest BCUT2D eigenvalue weighted by molar-refractivity contribution is 6.02. The van der Waals surface area contributed by atoms with Gasteiger partial charge in [-0.2, -0.15) is 0 Å². The van der Waals surface area contributed by atoms with E-state index >= 15 is 0 Å². The van der Waals surface area contributed by atoms with Crippen molar-refractivity contribution in [1.29, 1.82) is 0 Å². The van der Waals surface area contributed by atoms with Gasteiger partial charge in [0.2, 0.25) is 0 Å². The van der Waals surface area contributed by atoms with E-state index in [0.717, 1.165) is 11.1 Å². The first kappa shape index (κ1) is 21.7. The van der Waals surface area contributed by atoms with Crippen LogP contribution in [0.5, 0.6) is 11.5 Å². The number of esters is 1. The summed E-state index contributed by atoms with van der Waals surface area (Å²) in [5, 5.41) is 4.68. The van der Waals surface area contributed by atoms with Crippen molar-refractivity contribution < 1.29 is 28.6 Å². The SMILES string of the molecule is COc1ccccc1OCCC(=O)OCC(=O)NC(=O)Nc1ccc(C)cc1C. The second-order valence-corrected chi connectivity index (χ2v) is 6.23. The number of urea groups is 1. The van der Waals surface area contributed by atoms with Gasteiger partial charge in [0.05, 0.1) is 20.1 Å². The molecular formula is C21H24N2O6. The molecule has 8 nitrogen and oxygen atoms in total. The fraction of sp³-hybridized carbons (Fsp3) is 0.286. The molecule has 8 heteroatoms. The summed E-state index contributed by atoms with van der Waals surface area (Å²) in [5.41, 5.74) is 2.52. The number of carbonyl (C=O) groups is 3. The lowest BCUT2D eigenvalue weighted by Crippen LogP contribution is -2.37. The zero-order valence-electron chi connectivity index (χ0n) is 16.6. The number of anilines is 1. The van der Waals surface area contributed by atoms with E-state index in [1.165, 1.54) is 7.11 Å². The number of hydrogen-bond acceptors (Lipinski definition) is 6. The largest absolute Gasteiger partial charge is 0.493 e. The van der Waals surface area contributed by atoms with Gasteiger partial charge in [-0.3, -0.25) is 14.9 Å². The molecular weight excluding hydrogens is 376 g/mol. The second kappa shape index (κ2) is 10.7. The minimum atomic E-state index is -0.730. The monoisotopic (exact) mass is 400 g/mol. The molecule has 3 amide bonds. The van der Waals surface area contributed by atoms with Crippen LogP contribution in [0.1, 0.15) is 17.5 Å². The highest BCUT2D eigenvalue weighted by Gasteiger charge is 2.12. The van der Waals surface area contributed by atoms with Crippen molar-refractivity contribution in [2.45, 2.75) is 20.3 Å². The van der Waals surface area contributed by atoms with Crippen LogP contribution >= 0.6 is 0 Å². The summed E-state index contributed by atoms with van der Waals surface area (Å²) in [7, 11) is 1.52. The lowest BCUT2D eigenvalue weighted by molar-refractivity contribution is -0.148. The van der Waals surface area contributed by atoms with Gasteiger partial charge in [-0.25, -0.2) is 4.79 Å². The molecule has 0 unspecified atom stereocenters. The maximum Gasteiger partial charge on any atom is 0.325 e. The number of benzene rings is 2. The Morgan fingerprint density at radius 2 is 1.72 bits per heavy atom. The van der Waals surface area contributed by atoms with Gasteiger partial charge in [-0.1, -0.05) is 29.8 Å². The minimum Gasteiger partial charge on any atom is -0.493 e. The summed E-state index contributed by atoms with van der Waals surface area (Å²) in [5.74, 6) is -0.296. The number of nitrogens with one attached hydrogen (secondary N) is 2. The molecule has 2 aromatic carbocycles. The van der Waals surface area contributed by atoms with Gasteiger partial charge >= 0.3 is 12.0 Å². The number of para-hydroxylation sites is 2. The molecule has 29 heavy (non-hydrogen) atoms. The number of imide groups is 1. The summed E-state index contributed by atoms with van der Waals surface area (Å²) in [6.45, 7) is 3.29. The summed E-state index contributed by atoms with van der Waals surface area (Å²) < 4.78 is 15.5. The number of hydrogen-bond donors (Lipinski definition) is 2. The highest BCUT2D eigenvalue weighted by atomic mass is 16.5. The van der Waals surface area contributed by atoms with Gasteiger partial charge in [0.15, 0.2) is 18.1 Å². The molecule has 0 aliphatic rings. The zero-order valence-corrected chi connectivity index (χ0v) is 16.6. The van der Waals surface area contributed by atoms with Crippen LogP contribution in [-0.2, 0) is 14.3 Å². The smallest absolute Gasteiger partial charge is 0.325 e. The predicted octanol–water partition coefficient (Wildman–Crippen LogP) is 2.97. The van der Waals surface area contributed by atoms with Crippen molar-refractivity contribution in [3.8, 4) is 11.5 Å². The topological polar surface area (TPSA) is 103 Å². The number of methoxy groups -OCH3 is 1. The number of rotatable bonds is 8. The maximum atomic E-state index is 11.9. The van der Waals surface area contributed by atoms with Crippen molar-refractivity contribution in [2.75, 3.05) is 25.6 Å². The fourth-order valence-electron chi connectivity index (χ4n) is 2.47. The van der Waals surface area contributed by atoms with Crippen molar-refractivity contribution in [3.63, 3.8) is 0 Å². The van der Waals surface area contributed by atoms with Gasteiger partial charge in [-0.15, -0.1) is 0 Å². The zero-order chi connectivity index (χ0) is 21.2. The molecule has 0 aliphatic carbocycles. The van der Waals surface area contributed by atoms with E-state index in [9.17, 15) is 14.4 Å². The van der Waals surface area contributed by atoms with E-state index in [0.29, 0.717) is 17.2 Å². The van der Waals surface area contributed by atoms with E-state index in [2.05, 4.69) is 10.6 Å². The minimum absolute atomic E-state index is 0.0555. The van der Waals surface area contributed by atoms with Crippen LogP contribution in [0.25, 0.3) is 0 Å². The van der Waals surface area contributed by atoms with Gasteiger partial charge in [0, 0.05) is 5.69 Å². The molecule has 2 N–H and O–H groups in total. The third kappa shape index (κ3) is 7.17. The van der Waals surface area contributed by atoms with Crippen LogP contribution in [-0.4, -0.2) is 38.2 Å². The quantitative estimate of drug-likeness (QED) is 0.661. The summed E-state index contributed by atoms with van der Waals surface area (Å²) in [6.07, 6.45) is -0.0555. The average molecular weight is 400 g/mol. The molecule has 0 aromatic heterocycles. The van der Waals surface area contributed by atoms with Crippen LogP contribution in [0.2, 0.25) is 0 Å². The number of carbonyl (C=O) groups excluding carboxylic acids is 3. The Hall–Kier alpha value is -3.55. The molecule has 154 valence electrons. The maximum absolute atomic E-state index is 11.9. The Labute approximate surface area is 169 Å². The van der Waals surface area contributed by atoms with Gasteiger partial charge in [0.25, 0.3) is 5.91 Å². The Balaban J connectivity index is 1.68. The van der Waals surface area contributed by atoms with Crippen LogP contribution in [0.15, 0.2) is 42.5 Å². The summed E-state index contributed by atoms with van der Waals surface area (Å²) in [4.78, 5) is 35.4. The van der Waals surface area contributed by atoms with Gasteiger partial charge in [0.1, 0.15) is 0 Å². The van der Waals surface area contributed by atoms with Crippen molar-refractivity contribution in [1.82, 2.24) is 5.32 Å². The molecule has 2 rings (SSSR count). The van der Waals surface area contributed by atoms with Crippen molar-refractivity contribution >= 4 is 23.6 Å². The van der Waals surface area contributed by atoms with E-state index in [4.69, 9.17) is 14.2 Å². The molecule has 2 aromatic rings. The van der Waals surface area contributed by atoms with Crippen molar-refractivity contribution in [2.24, 2.45) is 0 Å². The van der Waals surface area contributed by atoms with Gasteiger partial charge in [-0.05, 0) is 37.6 Å². The molecule has 0 radical (unpaired) electrons. The summed E-state index contributed by atoms with van der Waals surface area (Å²) >= 11 is 0. The number of ether oxygens (including phenoxy) is 3. The Kier molecular flexibility index (Phi) is 8.02. The highest BCUT2D eigenvalue weighted by Crippen LogP contribution is 2.25. The Bertz CT molecular complexity index is 881. The van der Waals surface area contributed by atoms with E-state index in [1.54, 1.807) is 30.3 Å². The molecule has 0 atom stereocenters. The predicted molar refractivity (Wildman–Crippen MR) is 107 cm³/mol. The van der Waals surface area contributed by atoms with Crippen LogP contribution in [0.3, 0.4) is 0 Å². The lowest BCUT2D eigenvalue weighted by atomic mass is 10.1. The van der Waals surface area contributed by atoms with Crippen LogP contribution in [0, 0.1) is 13.8 Å². The van der Waals surface area contributed by atoms with Gasteiger partial charge < -0.3 is 19.5 Å². The molecule has 0 fully saturated rings. The standard InChI is InChI=1S/C21H24N2O6/c1-14-8-9-16(15(2)12-14)22-21(26)23-19(24)13-29-20(25)10-11-28-18-7-5-4-6-17(18)27-3/h4-9,12H,10-11,13H2,1-3H3,(H2,22,23,24,26). The van der Waals surface area contributed by atoms with Crippen molar-refractivity contribution in [3.05, 3.63) is 53.6 Å². The normalized spacial score (nSPS) is 10.0. The third-order valence-corrected chi connectivity index (χ3v) is 3.88. The third-order valence-electron chi connectivity index (χ3n) is 3.88. The number of aryl methyl sites for hydroxylation is 2. The van der Waals surface area contributed by atoms with Crippen LogP contribution in [0.4, 0.5) is 10.5 Å². The first-order chi connectivity index (χ1) is 13.9. The first-order valence-electron chi connectivity index (χ1n) is 8.98. The molecule has 0 aliphatic heterocycles. The molecule has 0 spiro atoms. The lowest BCUT2D eigenvalue weighted by Gasteiger charge is -2.11. The fourth-order valence-corrected chi connectivity index (χ4v) is 2.47. The van der Waals surface area contributed by atoms with E-state index in [-0.39, 0.29) is 13.0 Å². The van der Waals surface area contributed by atoms with Crippen LogP contribution < -0.4 is 20.1 Å². The van der Waals surface area contributed by atoms with E-state index < -0.39 is 24.5 Å². The second-order valence-electron chi connectivity index (χ2n) is 6.23. The average Bonchev–Trinajstić information content (AvgIpc) is 2.69. The molecule has 0 heterocycles. The molecule has 0 bridgehead atoms.